The lowest BCUT2D eigenvalue weighted by atomic mass is 10.0. The van der Waals surface area contributed by atoms with E-state index in [0.717, 1.165) is 6.42 Å². The first-order valence-corrected chi connectivity index (χ1v) is 8.28. The van der Waals surface area contributed by atoms with Crippen LogP contribution in [0, 0.1) is 5.92 Å². The molecule has 1 heterocycles. The van der Waals surface area contributed by atoms with Crippen molar-refractivity contribution in [2.24, 2.45) is 5.92 Å². The van der Waals surface area contributed by atoms with Crippen molar-refractivity contribution in [1.29, 1.82) is 0 Å². The molecule has 1 unspecified atom stereocenters. The molecule has 0 bridgehead atoms. The Balaban J connectivity index is 2.14. The van der Waals surface area contributed by atoms with Crippen molar-refractivity contribution in [3.8, 4) is 17.1 Å². The Labute approximate surface area is 151 Å². The molecular weight excluding hydrogens is 338 g/mol. The topological polar surface area (TPSA) is 114 Å². The van der Waals surface area contributed by atoms with Gasteiger partial charge in [-0.1, -0.05) is 13.8 Å². The van der Waals surface area contributed by atoms with E-state index in [1.54, 1.807) is 24.4 Å². The van der Waals surface area contributed by atoms with E-state index < -0.39 is 18.0 Å². The molecule has 0 aliphatic carbocycles. The quantitative estimate of drug-likeness (QED) is 0.664. The number of methoxy groups -OCH3 is 1. The SMILES string of the molecule is COc1cc(NC(=O)C(CCC(C)C)NC(=O)O)ccc1-c1cnco1. The summed E-state index contributed by atoms with van der Waals surface area (Å²) in [5.74, 6) is 0.997. The molecule has 0 saturated heterocycles. The lowest BCUT2D eigenvalue weighted by Gasteiger charge is -2.18. The van der Waals surface area contributed by atoms with Crippen LogP contribution >= 0.6 is 0 Å². The van der Waals surface area contributed by atoms with Gasteiger partial charge < -0.3 is 24.9 Å². The molecule has 2 aromatic rings. The summed E-state index contributed by atoms with van der Waals surface area (Å²) >= 11 is 0. The highest BCUT2D eigenvalue weighted by molar-refractivity contribution is 5.96. The molecule has 1 aromatic heterocycles. The molecule has 0 spiro atoms. The minimum atomic E-state index is -1.23. The van der Waals surface area contributed by atoms with Crippen LogP contribution in [-0.2, 0) is 4.79 Å². The van der Waals surface area contributed by atoms with Gasteiger partial charge in [0.05, 0.1) is 18.9 Å². The number of hydrogen-bond acceptors (Lipinski definition) is 5. The number of carbonyl (C=O) groups excluding carboxylic acids is 1. The summed E-state index contributed by atoms with van der Waals surface area (Å²) in [4.78, 5) is 27.3. The highest BCUT2D eigenvalue weighted by Crippen LogP contribution is 2.32. The highest BCUT2D eigenvalue weighted by atomic mass is 16.5. The molecule has 140 valence electrons. The van der Waals surface area contributed by atoms with Gasteiger partial charge in [0.25, 0.3) is 0 Å². The van der Waals surface area contributed by atoms with Crippen molar-refractivity contribution < 1.29 is 23.8 Å². The number of amides is 2. The molecule has 2 amide bonds. The molecule has 2 rings (SSSR count). The zero-order valence-electron chi connectivity index (χ0n) is 15.0. The first-order chi connectivity index (χ1) is 12.4. The van der Waals surface area contributed by atoms with Crippen LogP contribution in [-0.4, -0.2) is 35.2 Å². The largest absolute Gasteiger partial charge is 0.496 e. The predicted molar refractivity (Wildman–Crippen MR) is 96.1 cm³/mol. The summed E-state index contributed by atoms with van der Waals surface area (Å²) in [7, 11) is 1.51. The van der Waals surface area contributed by atoms with Crippen molar-refractivity contribution in [3.05, 3.63) is 30.8 Å². The standard InChI is InChI=1S/C18H23N3O5/c1-11(2)4-7-14(21-18(23)24)17(22)20-12-5-6-13(15(8-12)25-3)16-9-19-10-26-16/h5-6,8-11,14,21H,4,7H2,1-3H3,(H,20,22)(H,23,24). The van der Waals surface area contributed by atoms with E-state index in [9.17, 15) is 9.59 Å². The van der Waals surface area contributed by atoms with Gasteiger partial charge in [-0.15, -0.1) is 0 Å². The predicted octanol–water partition coefficient (Wildman–Crippen LogP) is 3.36. The van der Waals surface area contributed by atoms with Gasteiger partial charge in [-0.25, -0.2) is 9.78 Å². The van der Waals surface area contributed by atoms with Crippen molar-refractivity contribution in [2.75, 3.05) is 12.4 Å². The number of nitrogens with zero attached hydrogens (tertiary/aromatic N) is 1. The Bertz CT molecular complexity index is 743. The van der Waals surface area contributed by atoms with Crippen molar-refractivity contribution in [2.45, 2.75) is 32.7 Å². The average Bonchev–Trinajstić information content (AvgIpc) is 3.12. The number of anilines is 1. The van der Waals surface area contributed by atoms with Gasteiger partial charge >= 0.3 is 6.09 Å². The van der Waals surface area contributed by atoms with E-state index in [1.165, 1.54) is 13.5 Å². The Morgan fingerprint density at radius 1 is 1.31 bits per heavy atom. The number of carboxylic acid groups (broad SMARTS) is 1. The van der Waals surface area contributed by atoms with Crippen LogP contribution in [0.3, 0.4) is 0 Å². The fourth-order valence-corrected chi connectivity index (χ4v) is 2.47. The van der Waals surface area contributed by atoms with Crippen LogP contribution in [0.1, 0.15) is 26.7 Å². The normalized spacial score (nSPS) is 11.8. The lowest BCUT2D eigenvalue weighted by molar-refractivity contribution is -0.118. The second kappa shape index (κ2) is 8.89. The molecule has 0 fully saturated rings. The maximum atomic E-state index is 12.5. The van der Waals surface area contributed by atoms with Crippen molar-refractivity contribution in [3.63, 3.8) is 0 Å². The molecule has 26 heavy (non-hydrogen) atoms. The Morgan fingerprint density at radius 3 is 2.65 bits per heavy atom. The van der Waals surface area contributed by atoms with Crippen molar-refractivity contribution >= 4 is 17.7 Å². The van der Waals surface area contributed by atoms with E-state index in [1.807, 2.05) is 13.8 Å². The molecule has 0 aliphatic rings. The zero-order valence-corrected chi connectivity index (χ0v) is 15.0. The number of nitrogens with one attached hydrogen (secondary N) is 2. The second-order valence-electron chi connectivity index (χ2n) is 6.24. The number of rotatable bonds is 8. The zero-order chi connectivity index (χ0) is 19.1. The summed E-state index contributed by atoms with van der Waals surface area (Å²) in [6.45, 7) is 4.03. The van der Waals surface area contributed by atoms with Crippen LogP contribution in [0.25, 0.3) is 11.3 Å². The lowest BCUT2D eigenvalue weighted by Crippen LogP contribution is -2.43. The van der Waals surface area contributed by atoms with E-state index in [4.69, 9.17) is 14.3 Å². The second-order valence-corrected chi connectivity index (χ2v) is 6.24. The maximum Gasteiger partial charge on any atom is 0.405 e. The summed E-state index contributed by atoms with van der Waals surface area (Å²) in [6.07, 6.45) is 2.80. The smallest absolute Gasteiger partial charge is 0.405 e. The first kappa shape index (κ1) is 19.3. The molecule has 8 heteroatoms. The summed E-state index contributed by atoms with van der Waals surface area (Å²) in [6, 6.07) is 4.26. The third-order valence-electron chi connectivity index (χ3n) is 3.81. The molecule has 1 aromatic carbocycles. The van der Waals surface area contributed by atoms with Gasteiger partial charge in [0.2, 0.25) is 5.91 Å². The average molecular weight is 361 g/mol. The van der Waals surface area contributed by atoms with Gasteiger partial charge in [0.15, 0.2) is 12.2 Å². The van der Waals surface area contributed by atoms with Crippen LogP contribution in [0.2, 0.25) is 0 Å². The number of oxazole rings is 1. The molecule has 8 nitrogen and oxygen atoms in total. The van der Waals surface area contributed by atoms with E-state index >= 15 is 0 Å². The minimum absolute atomic E-state index is 0.363. The highest BCUT2D eigenvalue weighted by Gasteiger charge is 2.21. The number of carbonyl (C=O) groups is 2. The van der Waals surface area contributed by atoms with Gasteiger partial charge in [-0.2, -0.15) is 0 Å². The minimum Gasteiger partial charge on any atom is -0.496 e. The Kier molecular flexibility index (Phi) is 6.60. The van der Waals surface area contributed by atoms with Crippen molar-refractivity contribution in [1.82, 2.24) is 10.3 Å². The van der Waals surface area contributed by atoms with Crippen LogP contribution in [0.5, 0.6) is 5.75 Å². The fraction of sp³-hybridized carbons (Fsp3) is 0.389. The third kappa shape index (κ3) is 5.23. The molecule has 3 N–H and O–H groups in total. The monoisotopic (exact) mass is 361 g/mol. The number of aromatic nitrogens is 1. The number of ether oxygens (including phenoxy) is 1. The Morgan fingerprint density at radius 2 is 2.08 bits per heavy atom. The molecule has 1 atom stereocenters. The van der Waals surface area contributed by atoms with Gasteiger partial charge in [0, 0.05) is 11.8 Å². The third-order valence-corrected chi connectivity index (χ3v) is 3.81. The van der Waals surface area contributed by atoms with Gasteiger partial charge in [0.1, 0.15) is 11.8 Å². The Hall–Kier alpha value is -3.03. The molecular formula is C18H23N3O5. The first-order valence-electron chi connectivity index (χ1n) is 8.28. The van der Waals surface area contributed by atoms with E-state index in [2.05, 4.69) is 15.6 Å². The number of hydrogen-bond donors (Lipinski definition) is 3. The fourth-order valence-electron chi connectivity index (χ4n) is 2.47. The summed E-state index contributed by atoms with van der Waals surface area (Å²) < 4.78 is 10.6. The van der Waals surface area contributed by atoms with Crippen LogP contribution < -0.4 is 15.4 Å². The molecule has 0 radical (unpaired) electrons. The van der Waals surface area contributed by atoms with E-state index in [0.29, 0.717) is 35.1 Å². The molecule has 0 aliphatic heterocycles. The van der Waals surface area contributed by atoms with E-state index in [-0.39, 0.29) is 0 Å². The molecule has 0 saturated carbocycles. The van der Waals surface area contributed by atoms with Gasteiger partial charge in [-0.05, 0) is 30.9 Å². The maximum absolute atomic E-state index is 12.5. The summed E-state index contributed by atoms with van der Waals surface area (Å²) in [5.41, 5.74) is 1.19. The summed E-state index contributed by atoms with van der Waals surface area (Å²) in [5, 5.41) is 14.0. The van der Waals surface area contributed by atoms with Gasteiger partial charge in [-0.3, -0.25) is 4.79 Å². The number of benzene rings is 1. The van der Waals surface area contributed by atoms with Crippen LogP contribution in [0.4, 0.5) is 10.5 Å². The van der Waals surface area contributed by atoms with Crippen LogP contribution in [0.15, 0.2) is 35.2 Å².